The number of halogens is 3. The van der Waals surface area contributed by atoms with Crippen molar-refractivity contribution >= 4 is 95.3 Å². The van der Waals surface area contributed by atoms with Crippen LogP contribution in [0.1, 0.15) is 57.4 Å². The molecule has 2 aliphatic rings. The van der Waals surface area contributed by atoms with Gasteiger partial charge < -0.3 is 19.2 Å². The van der Waals surface area contributed by atoms with E-state index in [9.17, 15) is 10.0 Å². The van der Waals surface area contributed by atoms with Gasteiger partial charge in [0.25, 0.3) is 0 Å². The quantitative estimate of drug-likeness (QED) is 0.173. The predicted octanol–water partition coefficient (Wildman–Crippen LogP) is 17.9. The summed E-state index contributed by atoms with van der Waals surface area (Å²) in [5.74, 6) is 0. The molecule has 2 heterocycles. The first-order chi connectivity index (χ1) is 35.8. The number of benzene rings is 10. The van der Waals surface area contributed by atoms with Crippen molar-refractivity contribution in [3.63, 3.8) is 0 Å². The highest BCUT2D eigenvalue weighted by atomic mass is 79.9. The van der Waals surface area contributed by atoms with Crippen LogP contribution in [0.25, 0.3) is 88.4 Å². The number of rotatable bonds is 4. The zero-order chi connectivity index (χ0) is 51.0. The van der Waals surface area contributed by atoms with E-state index in [4.69, 9.17) is 23.2 Å². The molecule has 0 aliphatic heterocycles. The maximum Gasteiger partial charge on any atom is 0.488 e. The van der Waals surface area contributed by atoms with E-state index in [1.165, 1.54) is 93.9 Å². The van der Waals surface area contributed by atoms with Crippen LogP contribution in [0.4, 0.5) is 0 Å². The van der Waals surface area contributed by atoms with Gasteiger partial charge in [-0.2, -0.15) is 0 Å². The van der Waals surface area contributed by atoms with Gasteiger partial charge in [-0.05, 0) is 134 Å². The van der Waals surface area contributed by atoms with Gasteiger partial charge in [0.15, 0.2) is 0 Å². The maximum absolute atomic E-state index is 9.24. The maximum atomic E-state index is 9.24. The summed E-state index contributed by atoms with van der Waals surface area (Å²) in [5.41, 5.74) is 20.4. The van der Waals surface area contributed by atoms with E-state index in [0.29, 0.717) is 5.46 Å². The summed E-state index contributed by atoms with van der Waals surface area (Å²) in [5, 5.41) is 25.1. The highest BCUT2D eigenvalue weighted by molar-refractivity contribution is 9.10. The zero-order valence-electron chi connectivity index (χ0n) is 41.3. The molecule has 368 valence electrons. The lowest BCUT2D eigenvalue weighted by molar-refractivity contribution is 0.426. The van der Waals surface area contributed by atoms with Gasteiger partial charge in [-0.3, -0.25) is 0 Å². The third kappa shape index (κ3) is 8.41. The smallest absolute Gasteiger partial charge is 0.423 e. The summed E-state index contributed by atoms with van der Waals surface area (Å²) < 4.78 is 5.71. The molecule has 12 aromatic rings. The van der Waals surface area contributed by atoms with Crippen molar-refractivity contribution in [2.24, 2.45) is 0 Å². The summed E-state index contributed by atoms with van der Waals surface area (Å²) in [6.45, 7) is 9.09. The molecule has 2 aliphatic carbocycles. The molecule has 0 amide bonds. The van der Waals surface area contributed by atoms with E-state index < -0.39 is 7.12 Å². The Morgan fingerprint density at radius 2 is 0.787 bits per heavy atom. The lowest BCUT2D eigenvalue weighted by Gasteiger charge is -2.21. The van der Waals surface area contributed by atoms with Crippen LogP contribution in [0.3, 0.4) is 0 Å². The molecule has 0 saturated carbocycles. The molecule has 2 aromatic heterocycles. The van der Waals surface area contributed by atoms with Gasteiger partial charge >= 0.3 is 7.12 Å². The minimum absolute atomic E-state index is 0. The van der Waals surface area contributed by atoms with Crippen LogP contribution in [0.15, 0.2) is 223 Å². The number of nitrogens with zero attached hydrogens (tertiary/aromatic N) is 2. The first kappa shape index (κ1) is 50.0. The third-order valence-electron chi connectivity index (χ3n) is 15.3. The van der Waals surface area contributed by atoms with Crippen LogP contribution in [0.2, 0.25) is 10.0 Å². The van der Waals surface area contributed by atoms with E-state index in [2.05, 4.69) is 210 Å². The average Bonchev–Trinajstić information content (AvgIpc) is 4.10. The molecule has 0 radical (unpaired) electrons. The number of hydrogen-bond acceptors (Lipinski definition) is 2. The summed E-state index contributed by atoms with van der Waals surface area (Å²) in [6.07, 6.45) is 0. The van der Waals surface area contributed by atoms with E-state index in [1.54, 1.807) is 12.1 Å². The fraction of sp³-hybridized carbons (Fsp3) is 0.104. The molecular weight excluding hydrogens is 1030 g/mol. The number of hydrogen-bond donors (Lipinski definition) is 2. The summed E-state index contributed by atoms with van der Waals surface area (Å²) in [4.78, 5) is 0. The molecule has 0 spiro atoms. The topological polar surface area (TPSA) is 50.3 Å². The Kier molecular flexibility index (Phi) is 13.0. The fourth-order valence-electron chi connectivity index (χ4n) is 11.7. The average molecular weight is 1080 g/mol. The van der Waals surface area contributed by atoms with Crippen molar-refractivity contribution in [1.29, 1.82) is 0 Å². The van der Waals surface area contributed by atoms with E-state index in [-0.39, 0.29) is 18.3 Å². The normalized spacial score (nSPS) is 13.2. The van der Waals surface area contributed by atoms with Gasteiger partial charge in [0.1, 0.15) is 0 Å². The van der Waals surface area contributed by atoms with Gasteiger partial charge in [0.05, 0.1) is 22.1 Å². The van der Waals surface area contributed by atoms with Crippen LogP contribution < -0.4 is 5.46 Å². The summed E-state index contributed by atoms with van der Waals surface area (Å²) in [6, 6.07) is 75.8. The molecule has 2 N–H and O–H groups in total. The minimum atomic E-state index is -1.44. The van der Waals surface area contributed by atoms with Crippen LogP contribution in [-0.4, -0.2) is 26.3 Å². The van der Waals surface area contributed by atoms with E-state index >= 15 is 0 Å². The second kappa shape index (κ2) is 19.5. The van der Waals surface area contributed by atoms with Crippen molar-refractivity contribution in [3.05, 3.63) is 255 Å². The Balaban J connectivity index is 0.000000129. The Morgan fingerprint density at radius 1 is 0.400 bits per heavy atom. The van der Waals surface area contributed by atoms with E-state index in [0.717, 1.165) is 31.2 Å². The Bertz CT molecular complexity index is 4050. The number of aromatic nitrogens is 2. The van der Waals surface area contributed by atoms with Gasteiger partial charge in [-0.1, -0.05) is 214 Å². The molecule has 0 saturated heterocycles. The molecule has 0 unspecified atom stereocenters. The standard InChI is InChI=1S/C33H24ClN.C18H14BNO2.C15H12BrCl.CH4/c1-33(2)28-11-7-10-24(32(28)27-19-16-22(34)20-29(27)33)21-14-17-23(18-15-21)35-30-12-5-3-8-25(30)26-9-4-6-13-31(26)35;21-19(22)13-9-11-14(12-10-13)20-17-7-3-1-5-15(17)16-6-2-4-8-18(16)20;1-15(2)11-4-3-5-13(16)14(11)10-7-6-9(17)8-12(10)15;/h3-20H,1-2H3;1-12,21-22H;3-8H,1-2H3;1H4. The highest BCUT2D eigenvalue weighted by Gasteiger charge is 2.38. The van der Waals surface area contributed by atoms with E-state index in [1.807, 2.05) is 48.5 Å². The molecule has 10 aromatic carbocycles. The molecule has 14 rings (SSSR count). The van der Waals surface area contributed by atoms with Crippen LogP contribution >= 0.6 is 39.1 Å². The fourth-order valence-corrected chi connectivity index (χ4v) is 12.6. The summed E-state index contributed by atoms with van der Waals surface area (Å²) >= 11 is 16.2. The first-order valence-electron chi connectivity index (χ1n) is 24.9. The van der Waals surface area contributed by atoms with Gasteiger partial charge in [-0.15, -0.1) is 0 Å². The Labute approximate surface area is 457 Å². The lowest BCUT2D eigenvalue weighted by atomic mass is 9.80. The molecule has 75 heavy (non-hydrogen) atoms. The van der Waals surface area contributed by atoms with Crippen LogP contribution in [0, 0.1) is 0 Å². The van der Waals surface area contributed by atoms with Crippen molar-refractivity contribution in [2.75, 3.05) is 0 Å². The zero-order valence-corrected chi connectivity index (χ0v) is 44.4. The first-order valence-corrected chi connectivity index (χ1v) is 26.4. The van der Waals surface area contributed by atoms with Crippen LogP contribution in [-0.2, 0) is 10.8 Å². The van der Waals surface area contributed by atoms with Crippen LogP contribution in [0.5, 0.6) is 0 Å². The van der Waals surface area contributed by atoms with Crippen molar-refractivity contribution in [3.8, 4) is 44.8 Å². The largest absolute Gasteiger partial charge is 0.488 e. The summed E-state index contributed by atoms with van der Waals surface area (Å²) in [7, 11) is -1.44. The Morgan fingerprint density at radius 3 is 1.23 bits per heavy atom. The minimum Gasteiger partial charge on any atom is -0.423 e. The van der Waals surface area contributed by atoms with Gasteiger partial charge in [-0.25, -0.2) is 0 Å². The lowest BCUT2D eigenvalue weighted by Crippen LogP contribution is -2.29. The monoisotopic (exact) mass is 1080 g/mol. The number of para-hydroxylation sites is 4. The Hall–Kier alpha value is -7.16. The second-order valence-electron chi connectivity index (χ2n) is 20.3. The SMILES string of the molecule is C.CC1(C)c2cc(Cl)ccc2-c2c(-c3ccc(-n4c5ccccc5c5ccccc54)cc3)cccc21.CC1(C)c2cc(Cl)ccc2-c2c(Br)cccc21.OB(O)c1ccc(-n2c3ccccc3c3ccccc32)cc1. The molecule has 8 heteroatoms. The van der Waals surface area contributed by atoms with Gasteiger partial charge in [0, 0.05) is 63.8 Å². The molecular formula is C67H54BBrCl2N2O2. The van der Waals surface area contributed by atoms with Crippen molar-refractivity contribution < 1.29 is 10.0 Å². The predicted molar refractivity (Wildman–Crippen MR) is 323 cm³/mol. The van der Waals surface area contributed by atoms with Crippen molar-refractivity contribution in [1.82, 2.24) is 9.13 Å². The third-order valence-corrected chi connectivity index (χ3v) is 16.5. The highest BCUT2D eigenvalue weighted by Crippen LogP contribution is 2.54. The second-order valence-corrected chi connectivity index (χ2v) is 22.0. The molecule has 0 bridgehead atoms. The van der Waals surface area contributed by atoms with Gasteiger partial charge in [0.2, 0.25) is 0 Å². The molecule has 0 fully saturated rings. The molecule has 0 atom stereocenters. The molecule has 4 nitrogen and oxygen atoms in total. The number of fused-ring (bicyclic) bond motifs is 12. The van der Waals surface area contributed by atoms with Crippen molar-refractivity contribution in [2.45, 2.75) is 46.0 Å².